The van der Waals surface area contributed by atoms with Crippen molar-refractivity contribution in [2.24, 2.45) is 0 Å². The van der Waals surface area contributed by atoms with Crippen molar-refractivity contribution >= 4 is 22.1 Å². The molecule has 270 valence electrons. The van der Waals surface area contributed by atoms with Gasteiger partial charge in [-0.3, -0.25) is 9.13 Å². The van der Waals surface area contributed by atoms with E-state index in [1.807, 2.05) is 0 Å². The molecule has 4 nitrogen and oxygen atoms in total. The summed E-state index contributed by atoms with van der Waals surface area (Å²) in [6.07, 6.45) is 0. The van der Waals surface area contributed by atoms with Crippen LogP contribution in [0.2, 0.25) is 0 Å². The van der Waals surface area contributed by atoms with Gasteiger partial charge in [-0.25, -0.2) is 9.97 Å². The van der Waals surface area contributed by atoms with Crippen molar-refractivity contribution in [2.75, 3.05) is 0 Å². The van der Waals surface area contributed by atoms with E-state index < -0.39 is 0 Å². The third kappa shape index (κ3) is 4.35. The largest absolute Gasteiger partial charge is 0.292 e. The third-order valence-electron chi connectivity index (χ3n) is 12.9. The van der Waals surface area contributed by atoms with Gasteiger partial charge in [-0.1, -0.05) is 113 Å². The Labute approximate surface area is 327 Å². The summed E-state index contributed by atoms with van der Waals surface area (Å²) in [4.78, 5) is 10.5. The molecule has 11 rings (SSSR count). The lowest BCUT2D eigenvalue weighted by molar-refractivity contribution is 0.600. The maximum Gasteiger partial charge on any atom is 0.145 e. The van der Waals surface area contributed by atoms with E-state index in [1.54, 1.807) is 0 Å². The molecule has 0 unspecified atom stereocenters. The van der Waals surface area contributed by atoms with Gasteiger partial charge in [0.15, 0.2) is 0 Å². The van der Waals surface area contributed by atoms with Crippen LogP contribution in [0.4, 0.5) is 0 Å². The number of rotatable bonds is 4. The fourth-order valence-corrected chi connectivity index (χ4v) is 10.1. The minimum absolute atomic E-state index is 0.240. The average molecular weight is 723 g/mol. The molecular weight excluding hydrogens is 681 g/mol. The Kier molecular flexibility index (Phi) is 6.75. The Hall–Kier alpha value is -6.52. The van der Waals surface area contributed by atoms with E-state index in [2.05, 4.69) is 196 Å². The second-order valence-corrected chi connectivity index (χ2v) is 16.7. The van der Waals surface area contributed by atoms with Gasteiger partial charge in [0.05, 0.1) is 22.1 Å². The number of fused-ring (bicyclic) bond motifs is 9. The van der Waals surface area contributed by atoms with E-state index >= 15 is 0 Å². The molecule has 0 atom stereocenters. The standard InChI is InChI=1S/C52H42N4/c1-31-32(2)46-38-28-26-34(50-54-42-22-14-16-24-44(42)56(50)36-19-11-8-12-20-36)30-40(38)52(5,6)48(46)47-45(31)37-27-25-33(29-39(37)51(47,3)4)49-53-41-21-13-15-23-43(41)55(49)35-17-9-7-10-18-35/h7-30H,1-6H3. The Morgan fingerprint density at radius 3 is 1.21 bits per heavy atom. The zero-order valence-corrected chi connectivity index (χ0v) is 32.6. The van der Waals surface area contributed by atoms with Crippen LogP contribution in [0.3, 0.4) is 0 Å². The third-order valence-corrected chi connectivity index (χ3v) is 12.9. The lowest BCUT2D eigenvalue weighted by Crippen LogP contribution is -2.24. The summed E-state index contributed by atoms with van der Waals surface area (Å²) in [6.45, 7) is 14.4. The Morgan fingerprint density at radius 2 is 0.804 bits per heavy atom. The van der Waals surface area contributed by atoms with E-state index in [-0.39, 0.29) is 10.8 Å². The Balaban J connectivity index is 1.09. The number of benzene rings is 7. The maximum absolute atomic E-state index is 5.25. The van der Waals surface area contributed by atoms with Gasteiger partial charge in [0.25, 0.3) is 0 Å². The van der Waals surface area contributed by atoms with E-state index in [1.165, 1.54) is 55.6 Å². The van der Waals surface area contributed by atoms with Crippen molar-refractivity contribution in [1.82, 2.24) is 19.1 Å². The minimum Gasteiger partial charge on any atom is -0.292 e. The maximum atomic E-state index is 5.25. The molecule has 0 N–H and O–H groups in total. The highest BCUT2D eigenvalue weighted by Gasteiger charge is 2.47. The lowest BCUT2D eigenvalue weighted by Gasteiger charge is -2.32. The summed E-state index contributed by atoms with van der Waals surface area (Å²) in [5, 5.41) is 0. The second kappa shape index (κ2) is 11.5. The lowest BCUT2D eigenvalue weighted by atomic mass is 9.71. The van der Waals surface area contributed by atoms with Crippen molar-refractivity contribution in [3.05, 3.63) is 179 Å². The van der Waals surface area contributed by atoms with Crippen molar-refractivity contribution in [3.63, 3.8) is 0 Å². The molecule has 9 aromatic rings. The highest BCUT2D eigenvalue weighted by atomic mass is 15.1. The number of aromatic nitrogens is 4. The molecule has 0 bridgehead atoms. The number of hydrogen-bond acceptors (Lipinski definition) is 2. The van der Waals surface area contributed by atoms with Crippen molar-refractivity contribution < 1.29 is 0 Å². The zero-order valence-electron chi connectivity index (χ0n) is 32.6. The van der Waals surface area contributed by atoms with Crippen LogP contribution in [-0.2, 0) is 10.8 Å². The SMILES string of the molecule is Cc1c(C)c2c(c3c1-c1ccc(-c4nc5ccccc5n4-c4ccccc4)cc1C3(C)C)C(C)(C)c1cc(-c3nc4ccccc4n3-c3ccccc3)ccc1-2. The van der Waals surface area contributed by atoms with Crippen molar-refractivity contribution in [1.29, 1.82) is 0 Å². The molecule has 7 aromatic carbocycles. The first kappa shape index (κ1) is 32.9. The van der Waals surface area contributed by atoms with E-state index in [9.17, 15) is 0 Å². The summed E-state index contributed by atoms with van der Waals surface area (Å²) in [5.41, 5.74) is 22.1. The topological polar surface area (TPSA) is 35.6 Å². The van der Waals surface area contributed by atoms with Gasteiger partial charge in [-0.2, -0.15) is 0 Å². The van der Waals surface area contributed by atoms with Crippen LogP contribution in [0, 0.1) is 13.8 Å². The first-order valence-electron chi connectivity index (χ1n) is 19.7. The van der Waals surface area contributed by atoms with Crippen LogP contribution in [0.15, 0.2) is 146 Å². The van der Waals surface area contributed by atoms with Crippen LogP contribution >= 0.6 is 0 Å². The van der Waals surface area contributed by atoms with Gasteiger partial charge in [-0.05, 0) is 130 Å². The van der Waals surface area contributed by atoms with Crippen LogP contribution in [0.1, 0.15) is 61.1 Å². The highest BCUT2D eigenvalue weighted by Crippen LogP contribution is 2.61. The monoisotopic (exact) mass is 722 g/mol. The molecule has 0 spiro atoms. The van der Waals surface area contributed by atoms with Gasteiger partial charge in [0.1, 0.15) is 11.6 Å². The average Bonchev–Trinajstić information content (AvgIpc) is 3.93. The minimum atomic E-state index is -0.240. The molecule has 0 radical (unpaired) electrons. The smallest absolute Gasteiger partial charge is 0.145 e. The fraction of sp³-hybridized carbons (Fsp3) is 0.154. The highest BCUT2D eigenvalue weighted by molar-refractivity contribution is 5.96. The number of imidazole rings is 2. The normalized spacial score (nSPS) is 14.5. The van der Waals surface area contributed by atoms with Crippen LogP contribution < -0.4 is 0 Å². The summed E-state index contributed by atoms with van der Waals surface area (Å²) >= 11 is 0. The van der Waals surface area contributed by atoms with Gasteiger partial charge < -0.3 is 0 Å². The van der Waals surface area contributed by atoms with Crippen LogP contribution in [0.5, 0.6) is 0 Å². The predicted molar refractivity (Wildman–Crippen MR) is 231 cm³/mol. The molecule has 0 fully saturated rings. The molecule has 0 amide bonds. The molecule has 4 heteroatoms. The first-order valence-corrected chi connectivity index (χ1v) is 19.7. The molecule has 2 aliphatic carbocycles. The molecule has 56 heavy (non-hydrogen) atoms. The van der Waals surface area contributed by atoms with Crippen LogP contribution in [-0.4, -0.2) is 19.1 Å². The first-order chi connectivity index (χ1) is 27.1. The van der Waals surface area contributed by atoms with Gasteiger partial charge in [0, 0.05) is 33.3 Å². The van der Waals surface area contributed by atoms with Crippen LogP contribution in [0.25, 0.3) is 78.5 Å². The molecule has 2 aliphatic rings. The molecule has 2 aromatic heterocycles. The molecular formula is C52H42N4. The van der Waals surface area contributed by atoms with Gasteiger partial charge >= 0.3 is 0 Å². The number of nitrogens with zero attached hydrogens (tertiary/aromatic N) is 4. The summed E-state index contributed by atoms with van der Waals surface area (Å²) < 4.78 is 4.62. The number of hydrogen-bond donors (Lipinski definition) is 0. The van der Waals surface area contributed by atoms with E-state index in [0.29, 0.717) is 0 Å². The summed E-state index contributed by atoms with van der Waals surface area (Å²) in [7, 11) is 0. The van der Waals surface area contributed by atoms with Crippen molar-refractivity contribution in [3.8, 4) is 56.4 Å². The summed E-state index contributed by atoms with van der Waals surface area (Å²) in [6, 6.07) is 52.3. The predicted octanol–water partition coefficient (Wildman–Crippen LogP) is 12.9. The zero-order chi connectivity index (χ0) is 38.1. The van der Waals surface area contributed by atoms with E-state index in [0.717, 1.165) is 56.2 Å². The van der Waals surface area contributed by atoms with E-state index in [4.69, 9.17) is 9.97 Å². The summed E-state index contributed by atoms with van der Waals surface area (Å²) in [5.74, 6) is 1.93. The fourth-order valence-electron chi connectivity index (χ4n) is 10.1. The second-order valence-electron chi connectivity index (χ2n) is 16.7. The Bertz CT molecular complexity index is 2880. The quantitative estimate of drug-likeness (QED) is 0.181. The molecule has 2 heterocycles. The van der Waals surface area contributed by atoms with Gasteiger partial charge in [-0.15, -0.1) is 0 Å². The Morgan fingerprint density at radius 1 is 0.429 bits per heavy atom. The molecule has 0 aliphatic heterocycles. The number of para-hydroxylation sites is 6. The van der Waals surface area contributed by atoms with Crippen molar-refractivity contribution in [2.45, 2.75) is 52.4 Å². The van der Waals surface area contributed by atoms with Gasteiger partial charge in [0.2, 0.25) is 0 Å². The molecule has 0 saturated carbocycles. The molecule has 0 saturated heterocycles.